The molecule has 0 aromatic heterocycles. The van der Waals surface area contributed by atoms with E-state index in [1.54, 1.807) is 11.8 Å². The van der Waals surface area contributed by atoms with Gasteiger partial charge in [-0.25, -0.2) is 9.18 Å². The molecule has 1 heterocycles. The summed E-state index contributed by atoms with van der Waals surface area (Å²) in [6.45, 7) is 2.90. The highest BCUT2D eigenvalue weighted by atomic mass is 35.5. The first-order valence-corrected chi connectivity index (χ1v) is 7.30. The van der Waals surface area contributed by atoms with Gasteiger partial charge in [0.1, 0.15) is 5.82 Å². The third kappa shape index (κ3) is 6.03. The molecule has 1 saturated heterocycles. The van der Waals surface area contributed by atoms with Gasteiger partial charge in [-0.2, -0.15) is 0 Å². The Morgan fingerprint density at radius 2 is 2.04 bits per heavy atom. The molecule has 1 aliphatic rings. The van der Waals surface area contributed by atoms with Gasteiger partial charge in [0.05, 0.1) is 0 Å². The topological polar surface area (TPSA) is 87.5 Å². The van der Waals surface area contributed by atoms with E-state index in [1.807, 2.05) is 0 Å². The molecular weight excluding hydrogens is 323 g/mol. The summed E-state index contributed by atoms with van der Waals surface area (Å²) in [4.78, 5) is 25.5. The Hall–Kier alpha value is -1.86. The maximum absolute atomic E-state index is 12.8. The number of nitrogens with two attached hydrogens (primary N) is 1. The van der Waals surface area contributed by atoms with Crippen LogP contribution in [0.3, 0.4) is 0 Å². The van der Waals surface area contributed by atoms with Gasteiger partial charge in [-0.15, -0.1) is 12.4 Å². The zero-order valence-electron chi connectivity index (χ0n) is 12.9. The second kappa shape index (κ2) is 8.69. The Labute approximate surface area is 141 Å². The minimum atomic E-state index is -0.363. The molecule has 1 aromatic rings. The summed E-state index contributed by atoms with van der Waals surface area (Å²) >= 11 is 0. The second-order valence-corrected chi connectivity index (χ2v) is 5.61. The minimum absolute atomic E-state index is 0. The lowest BCUT2D eigenvalue weighted by Gasteiger charge is -2.18. The molecule has 2 unspecified atom stereocenters. The molecule has 0 spiro atoms. The summed E-state index contributed by atoms with van der Waals surface area (Å²) in [5.74, 6) is -0.344. The number of nitrogens with one attached hydrogen (secondary N) is 2. The number of halogens is 2. The van der Waals surface area contributed by atoms with Crippen molar-refractivity contribution in [3.8, 4) is 0 Å². The third-order valence-electron chi connectivity index (χ3n) is 3.47. The summed E-state index contributed by atoms with van der Waals surface area (Å²) in [5.41, 5.74) is 6.13. The van der Waals surface area contributed by atoms with Crippen LogP contribution in [-0.4, -0.2) is 42.0 Å². The smallest absolute Gasteiger partial charge is 0.319 e. The lowest BCUT2D eigenvalue weighted by atomic mass is 10.2. The van der Waals surface area contributed by atoms with E-state index in [2.05, 4.69) is 10.6 Å². The fourth-order valence-electron chi connectivity index (χ4n) is 2.39. The van der Waals surface area contributed by atoms with Crippen molar-refractivity contribution >= 4 is 30.0 Å². The summed E-state index contributed by atoms with van der Waals surface area (Å²) in [7, 11) is 0. The molecule has 2 atom stereocenters. The molecule has 1 aliphatic heterocycles. The Morgan fingerprint density at radius 3 is 2.65 bits per heavy atom. The standard InChI is InChI=1S/C15H21FN4O2.ClH/c1-10(17)8-14(21)20-7-6-13(9-20)19-15(22)18-12-4-2-11(16)3-5-12;/h2-5,10,13H,6-9,17H2,1H3,(H2,18,19,22);1H. The predicted molar refractivity (Wildman–Crippen MR) is 89.1 cm³/mol. The van der Waals surface area contributed by atoms with Crippen LogP contribution in [0.15, 0.2) is 24.3 Å². The molecule has 0 aliphatic carbocycles. The number of amides is 3. The van der Waals surface area contributed by atoms with Crippen molar-refractivity contribution in [2.45, 2.75) is 31.8 Å². The van der Waals surface area contributed by atoms with E-state index >= 15 is 0 Å². The van der Waals surface area contributed by atoms with Crippen LogP contribution in [0.2, 0.25) is 0 Å². The highest BCUT2D eigenvalue weighted by molar-refractivity contribution is 5.89. The molecule has 8 heteroatoms. The second-order valence-electron chi connectivity index (χ2n) is 5.61. The highest BCUT2D eigenvalue weighted by Crippen LogP contribution is 2.12. The van der Waals surface area contributed by atoms with Crippen molar-refractivity contribution in [1.82, 2.24) is 10.2 Å². The Bertz CT molecular complexity index is 539. The third-order valence-corrected chi connectivity index (χ3v) is 3.47. The molecule has 3 amide bonds. The monoisotopic (exact) mass is 344 g/mol. The number of likely N-dealkylation sites (tertiary alicyclic amines) is 1. The molecule has 23 heavy (non-hydrogen) atoms. The predicted octanol–water partition coefficient (Wildman–Crippen LogP) is 1.71. The van der Waals surface area contributed by atoms with Crippen LogP contribution in [-0.2, 0) is 4.79 Å². The molecule has 128 valence electrons. The zero-order valence-corrected chi connectivity index (χ0v) is 13.7. The first-order chi connectivity index (χ1) is 10.4. The SMILES string of the molecule is CC(N)CC(=O)N1CCC(NC(=O)Nc2ccc(F)cc2)C1.Cl. The number of anilines is 1. The maximum atomic E-state index is 12.8. The summed E-state index contributed by atoms with van der Waals surface area (Å²) in [6, 6.07) is 4.92. The number of nitrogens with zero attached hydrogens (tertiary/aromatic N) is 1. The van der Waals surface area contributed by atoms with Crippen LogP contribution in [0.25, 0.3) is 0 Å². The number of rotatable bonds is 4. The zero-order chi connectivity index (χ0) is 16.1. The highest BCUT2D eigenvalue weighted by Gasteiger charge is 2.27. The minimum Gasteiger partial charge on any atom is -0.341 e. The number of carbonyl (C=O) groups excluding carboxylic acids is 2. The molecule has 2 rings (SSSR count). The number of urea groups is 1. The number of hydrogen-bond donors (Lipinski definition) is 3. The fraction of sp³-hybridized carbons (Fsp3) is 0.467. The molecular formula is C15H22ClFN4O2. The number of hydrogen-bond acceptors (Lipinski definition) is 3. The lowest BCUT2D eigenvalue weighted by Crippen LogP contribution is -2.41. The van der Waals surface area contributed by atoms with Gasteiger partial charge in [-0.05, 0) is 37.6 Å². The van der Waals surface area contributed by atoms with E-state index < -0.39 is 0 Å². The average molecular weight is 345 g/mol. The number of benzene rings is 1. The van der Waals surface area contributed by atoms with Crippen molar-refractivity contribution in [3.05, 3.63) is 30.1 Å². The van der Waals surface area contributed by atoms with Crippen molar-refractivity contribution in [2.24, 2.45) is 5.73 Å². The van der Waals surface area contributed by atoms with E-state index in [4.69, 9.17) is 5.73 Å². The van der Waals surface area contributed by atoms with Gasteiger partial charge in [0.25, 0.3) is 0 Å². The molecule has 0 bridgehead atoms. The van der Waals surface area contributed by atoms with Gasteiger partial charge in [0.15, 0.2) is 0 Å². The fourth-order valence-corrected chi connectivity index (χ4v) is 2.39. The van der Waals surface area contributed by atoms with Crippen molar-refractivity contribution in [3.63, 3.8) is 0 Å². The van der Waals surface area contributed by atoms with E-state index in [1.165, 1.54) is 24.3 Å². The van der Waals surface area contributed by atoms with Gasteiger partial charge in [-0.1, -0.05) is 0 Å². The van der Waals surface area contributed by atoms with Crippen LogP contribution >= 0.6 is 12.4 Å². The van der Waals surface area contributed by atoms with Crippen molar-refractivity contribution in [2.75, 3.05) is 18.4 Å². The Balaban J connectivity index is 0.00000264. The van der Waals surface area contributed by atoms with Gasteiger partial charge in [0, 0.05) is 37.3 Å². The summed E-state index contributed by atoms with van der Waals surface area (Å²) in [5, 5.41) is 5.44. The number of carbonyl (C=O) groups is 2. The van der Waals surface area contributed by atoms with E-state index in [-0.39, 0.29) is 42.2 Å². The van der Waals surface area contributed by atoms with E-state index in [0.29, 0.717) is 31.6 Å². The molecule has 4 N–H and O–H groups in total. The van der Waals surface area contributed by atoms with Gasteiger partial charge < -0.3 is 21.3 Å². The molecule has 0 saturated carbocycles. The summed E-state index contributed by atoms with van der Waals surface area (Å²) in [6.07, 6.45) is 1.02. The van der Waals surface area contributed by atoms with Gasteiger partial charge in [-0.3, -0.25) is 4.79 Å². The summed E-state index contributed by atoms with van der Waals surface area (Å²) < 4.78 is 12.8. The maximum Gasteiger partial charge on any atom is 0.319 e. The van der Waals surface area contributed by atoms with Gasteiger partial charge in [0.2, 0.25) is 5.91 Å². The molecule has 0 radical (unpaired) electrons. The molecule has 6 nitrogen and oxygen atoms in total. The average Bonchev–Trinajstić information content (AvgIpc) is 2.89. The van der Waals surface area contributed by atoms with Gasteiger partial charge >= 0.3 is 6.03 Å². The molecule has 1 fully saturated rings. The first kappa shape index (κ1) is 19.2. The normalized spacial score (nSPS) is 18.0. The quantitative estimate of drug-likeness (QED) is 0.777. The van der Waals surface area contributed by atoms with Crippen molar-refractivity contribution in [1.29, 1.82) is 0 Å². The van der Waals surface area contributed by atoms with Crippen molar-refractivity contribution < 1.29 is 14.0 Å². The van der Waals surface area contributed by atoms with Crippen LogP contribution in [0.4, 0.5) is 14.9 Å². The van der Waals surface area contributed by atoms with Crippen LogP contribution < -0.4 is 16.4 Å². The van der Waals surface area contributed by atoms with Crippen LogP contribution in [0, 0.1) is 5.82 Å². The van der Waals surface area contributed by atoms with E-state index in [0.717, 1.165) is 0 Å². The Morgan fingerprint density at radius 1 is 1.39 bits per heavy atom. The molecule has 1 aromatic carbocycles. The van der Waals surface area contributed by atoms with Crippen LogP contribution in [0.1, 0.15) is 19.8 Å². The Kier molecular flexibility index (Phi) is 7.25. The van der Waals surface area contributed by atoms with E-state index in [9.17, 15) is 14.0 Å². The largest absolute Gasteiger partial charge is 0.341 e. The lowest BCUT2D eigenvalue weighted by molar-refractivity contribution is -0.130. The van der Waals surface area contributed by atoms with Crippen LogP contribution in [0.5, 0.6) is 0 Å². The first-order valence-electron chi connectivity index (χ1n) is 7.30.